The Bertz CT molecular complexity index is 298. The van der Waals surface area contributed by atoms with E-state index in [1.165, 1.54) is 0 Å². The fraction of sp³-hybridized carbons (Fsp3) is 1.00. The van der Waals surface area contributed by atoms with Crippen molar-refractivity contribution in [3.63, 3.8) is 0 Å². The van der Waals surface area contributed by atoms with Crippen LogP contribution in [-0.4, -0.2) is 47.0 Å². The van der Waals surface area contributed by atoms with E-state index in [0.717, 1.165) is 0 Å². The molecule has 0 aromatic heterocycles. The minimum Gasteiger partial charge on any atom is -0.430 e. The van der Waals surface area contributed by atoms with Crippen molar-refractivity contribution < 1.29 is 32.3 Å². The molecule has 0 spiro atoms. The van der Waals surface area contributed by atoms with E-state index in [-0.39, 0.29) is 0 Å². The molecule has 12 heteroatoms. The summed E-state index contributed by atoms with van der Waals surface area (Å²) in [7, 11) is -9.97. The summed E-state index contributed by atoms with van der Waals surface area (Å²) in [5, 5.41) is 0. The maximum absolute atomic E-state index is 8.88. The molecule has 0 aromatic carbocycles. The van der Waals surface area contributed by atoms with E-state index < -0.39 is 40.1 Å². The van der Waals surface area contributed by atoms with Gasteiger partial charge in [0.1, 0.15) is 0 Å². The first-order valence-electron chi connectivity index (χ1n) is 6.60. The molecule has 0 atom stereocenters. The maximum atomic E-state index is 8.88. The minimum atomic E-state index is -4.64. The molecule has 0 aliphatic heterocycles. The Morgan fingerprint density at radius 2 is 0.810 bits per heavy atom. The first-order valence-corrected chi connectivity index (χ1v) is 18.4. The molecule has 0 bridgehead atoms. The van der Waals surface area contributed by atoms with Gasteiger partial charge < -0.3 is 27.7 Å². The van der Waals surface area contributed by atoms with Crippen molar-refractivity contribution in [2.45, 2.75) is 58.9 Å². The van der Waals surface area contributed by atoms with Crippen molar-refractivity contribution in [3.05, 3.63) is 0 Å². The summed E-state index contributed by atoms with van der Waals surface area (Å²) >= 11 is 0. The third-order valence-corrected chi connectivity index (χ3v) is 4.05. The van der Waals surface area contributed by atoms with Crippen LogP contribution in [0.2, 0.25) is 58.9 Å². The lowest BCUT2D eigenvalue weighted by molar-refractivity contribution is 0.275. The molecule has 0 saturated heterocycles. The SMILES string of the molecule is C[Si](C)(C)OB(O[Si](C)(C)C)O[Si](C)(C)C.O=P(O)(O)O. The van der Waals surface area contributed by atoms with E-state index in [4.69, 9.17) is 32.3 Å². The maximum Gasteiger partial charge on any atom is 0.606 e. The fourth-order valence-electron chi connectivity index (χ4n) is 0.938. The van der Waals surface area contributed by atoms with Crippen molar-refractivity contribution in [2.75, 3.05) is 0 Å². The predicted molar refractivity (Wildman–Crippen MR) is 93.3 cm³/mol. The van der Waals surface area contributed by atoms with Gasteiger partial charge in [-0.25, -0.2) is 4.57 Å². The Kier molecular flexibility index (Phi) is 9.73. The zero-order valence-electron chi connectivity index (χ0n) is 14.5. The molecule has 128 valence electrons. The van der Waals surface area contributed by atoms with E-state index in [0.29, 0.717) is 0 Å². The van der Waals surface area contributed by atoms with Crippen LogP contribution in [0.15, 0.2) is 0 Å². The Labute approximate surface area is 131 Å². The Balaban J connectivity index is 0. The van der Waals surface area contributed by atoms with Gasteiger partial charge in [0.15, 0.2) is 25.0 Å². The quantitative estimate of drug-likeness (QED) is 0.483. The molecule has 0 radical (unpaired) electrons. The molecule has 0 fully saturated rings. The second kappa shape index (κ2) is 8.53. The normalized spacial score (nSPS) is 13.5. The molecule has 0 amide bonds. The van der Waals surface area contributed by atoms with E-state index in [9.17, 15) is 0 Å². The molecular formula is C9H30BO7PSi3. The van der Waals surface area contributed by atoms with Gasteiger partial charge in [0.25, 0.3) is 0 Å². The Morgan fingerprint density at radius 3 is 0.905 bits per heavy atom. The van der Waals surface area contributed by atoms with Crippen LogP contribution in [0.25, 0.3) is 0 Å². The van der Waals surface area contributed by atoms with Gasteiger partial charge >= 0.3 is 15.1 Å². The number of hydrogen-bond donors (Lipinski definition) is 3. The molecule has 0 aliphatic carbocycles. The van der Waals surface area contributed by atoms with Crippen LogP contribution in [0.4, 0.5) is 0 Å². The van der Waals surface area contributed by atoms with Crippen LogP contribution in [0.1, 0.15) is 0 Å². The first-order chi connectivity index (χ1) is 8.79. The molecule has 0 aromatic rings. The lowest BCUT2D eigenvalue weighted by atomic mass is 10.3. The monoisotopic (exact) mass is 376 g/mol. The average Bonchev–Trinajstić information content (AvgIpc) is 1.86. The first kappa shape index (κ1) is 24.0. The third kappa shape index (κ3) is 29.4. The summed E-state index contributed by atoms with van der Waals surface area (Å²) in [5.74, 6) is 0. The highest BCUT2D eigenvalue weighted by atomic mass is 31.2. The highest BCUT2D eigenvalue weighted by Gasteiger charge is 2.36. The predicted octanol–water partition coefficient (Wildman–Crippen LogP) is 2.60. The van der Waals surface area contributed by atoms with E-state index in [1.807, 2.05) is 0 Å². The van der Waals surface area contributed by atoms with Gasteiger partial charge in [-0.1, -0.05) is 0 Å². The van der Waals surface area contributed by atoms with E-state index in [1.54, 1.807) is 0 Å². The summed E-state index contributed by atoms with van der Waals surface area (Å²) in [5.41, 5.74) is 0. The van der Waals surface area contributed by atoms with Crippen LogP contribution in [0.3, 0.4) is 0 Å². The fourth-order valence-corrected chi connectivity index (χ4v) is 3.25. The van der Waals surface area contributed by atoms with Crippen LogP contribution in [-0.2, 0) is 17.6 Å². The molecule has 0 aliphatic rings. The number of hydrogen-bond acceptors (Lipinski definition) is 4. The number of phosphoric acid groups is 1. The highest BCUT2D eigenvalue weighted by molar-refractivity contribution is 7.45. The second-order valence-electron chi connectivity index (χ2n) is 7.49. The molecule has 0 saturated carbocycles. The van der Waals surface area contributed by atoms with Gasteiger partial charge in [0.2, 0.25) is 0 Å². The zero-order chi connectivity index (χ0) is 17.7. The van der Waals surface area contributed by atoms with E-state index in [2.05, 4.69) is 58.9 Å². The van der Waals surface area contributed by atoms with Crippen LogP contribution >= 0.6 is 7.82 Å². The molecular weight excluding hydrogens is 346 g/mol. The summed E-state index contributed by atoms with van der Waals surface area (Å²) in [6.07, 6.45) is 0. The highest BCUT2D eigenvalue weighted by Crippen LogP contribution is 2.25. The van der Waals surface area contributed by atoms with Crippen LogP contribution in [0.5, 0.6) is 0 Å². The van der Waals surface area contributed by atoms with Crippen LogP contribution < -0.4 is 0 Å². The van der Waals surface area contributed by atoms with Gasteiger partial charge in [0, 0.05) is 0 Å². The van der Waals surface area contributed by atoms with E-state index >= 15 is 0 Å². The summed E-state index contributed by atoms with van der Waals surface area (Å²) in [6, 6.07) is 0. The molecule has 3 N–H and O–H groups in total. The molecule has 7 nitrogen and oxygen atoms in total. The van der Waals surface area contributed by atoms with Gasteiger partial charge in [-0.15, -0.1) is 0 Å². The van der Waals surface area contributed by atoms with Crippen molar-refractivity contribution in [3.8, 4) is 0 Å². The molecule has 0 unspecified atom stereocenters. The minimum absolute atomic E-state index is 0.454. The zero-order valence-corrected chi connectivity index (χ0v) is 18.4. The summed E-state index contributed by atoms with van der Waals surface area (Å²) in [6.45, 7) is 19.4. The second-order valence-corrected chi connectivity index (χ2v) is 21.9. The lowest BCUT2D eigenvalue weighted by Crippen LogP contribution is -2.49. The smallest absolute Gasteiger partial charge is 0.430 e. The third-order valence-electron chi connectivity index (χ3n) is 1.35. The van der Waals surface area contributed by atoms with Gasteiger partial charge in [-0.05, 0) is 58.9 Å². The summed E-state index contributed by atoms with van der Waals surface area (Å²) < 4.78 is 26.7. The average molecular weight is 376 g/mol. The number of rotatable bonds is 6. The van der Waals surface area contributed by atoms with Crippen LogP contribution in [0, 0.1) is 0 Å². The van der Waals surface area contributed by atoms with Crippen molar-refractivity contribution in [1.29, 1.82) is 0 Å². The Hall–Kier alpha value is 0.706. The van der Waals surface area contributed by atoms with Gasteiger partial charge in [-0.3, -0.25) is 0 Å². The topological polar surface area (TPSA) is 105 Å². The lowest BCUT2D eigenvalue weighted by Gasteiger charge is -2.31. The van der Waals surface area contributed by atoms with Gasteiger partial charge in [-0.2, -0.15) is 0 Å². The summed E-state index contributed by atoms with van der Waals surface area (Å²) in [4.78, 5) is 21.6. The molecule has 21 heavy (non-hydrogen) atoms. The Morgan fingerprint density at radius 1 is 0.667 bits per heavy atom. The molecule has 0 rings (SSSR count). The largest absolute Gasteiger partial charge is 0.606 e. The standard InChI is InChI=1S/C9H27BO3Si3.H3O4P/c1-14(2,3)11-10(12-15(4,5)6)13-16(7,8)9;1-5(2,3)4/h1-9H3;(H3,1,2,3,4). The van der Waals surface area contributed by atoms with Crippen molar-refractivity contribution in [1.82, 2.24) is 0 Å². The van der Waals surface area contributed by atoms with Crippen molar-refractivity contribution in [2.24, 2.45) is 0 Å². The molecule has 0 heterocycles. The van der Waals surface area contributed by atoms with Gasteiger partial charge in [0.05, 0.1) is 0 Å². The van der Waals surface area contributed by atoms with Crippen molar-refractivity contribution >= 4 is 40.1 Å².